The molecule has 0 aliphatic rings. The second kappa shape index (κ2) is 8.32. The van der Waals surface area contributed by atoms with E-state index in [1.54, 1.807) is 18.2 Å². The Bertz CT molecular complexity index is 766. The molecule has 6 nitrogen and oxygen atoms in total. The number of para-hydroxylation sites is 2. The Balaban J connectivity index is 2.04. The van der Waals surface area contributed by atoms with E-state index in [4.69, 9.17) is 9.47 Å². The predicted octanol–water partition coefficient (Wildman–Crippen LogP) is 3.65. The summed E-state index contributed by atoms with van der Waals surface area (Å²) in [6.07, 6.45) is -4.83. The van der Waals surface area contributed by atoms with E-state index < -0.39 is 18.0 Å². The molecule has 0 aliphatic carbocycles. The number of hydrogen-bond donors (Lipinski definition) is 2. The number of methoxy groups -OCH3 is 2. The number of rotatable bonds is 7. The molecule has 2 N–H and O–H groups in total. The van der Waals surface area contributed by atoms with E-state index in [9.17, 15) is 18.0 Å². The molecule has 0 atom stereocenters. The van der Waals surface area contributed by atoms with Gasteiger partial charge in [0.1, 0.15) is 11.5 Å². The highest BCUT2D eigenvalue weighted by Gasteiger charge is 2.32. The van der Waals surface area contributed by atoms with Crippen molar-refractivity contribution in [3.63, 3.8) is 0 Å². The van der Waals surface area contributed by atoms with Crippen LogP contribution in [0.5, 0.6) is 17.2 Å². The molecule has 0 fully saturated rings. The van der Waals surface area contributed by atoms with Crippen molar-refractivity contribution in [3.05, 3.63) is 42.5 Å². The van der Waals surface area contributed by atoms with Crippen molar-refractivity contribution in [2.45, 2.75) is 6.36 Å². The molecule has 0 aliphatic heterocycles. The van der Waals surface area contributed by atoms with Crippen LogP contribution in [0.4, 0.5) is 24.5 Å². The molecule has 0 heterocycles. The molecule has 0 saturated heterocycles. The fourth-order valence-corrected chi connectivity index (χ4v) is 2.11. The average molecular weight is 370 g/mol. The first-order valence-corrected chi connectivity index (χ1v) is 7.43. The zero-order chi connectivity index (χ0) is 19.2. The summed E-state index contributed by atoms with van der Waals surface area (Å²) in [5.41, 5.74) is 0.413. The number of halogens is 3. The summed E-state index contributed by atoms with van der Waals surface area (Å²) < 4.78 is 51.4. The van der Waals surface area contributed by atoms with Gasteiger partial charge in [0.05, 0.1) is 32.1 Å². The Hall–Kier alpha value is -3.10. The van der Waals surface area contributed by atoms with Crippen LogP contribution >= 0.6 is 0 Å². The lowest BCUT2D eigenvalue weighted by atomic mass is 10.2. The molecule has 2 rings (SSSR count). The summed E-state index contributed by atoms with van der Waals surface area (Å²) in [5.74, 6) is 0.0167. The molecule has 26 heavy (non-hydrogen) atoms. The van der Waals surface area contributed by atoms with Crippen LogP contribution in [0.15, 0.2) is 42.5 Å². The van der Waals surface area contributed by atoms with Crippen LogP contribution < -0.4 is 24.8 Å². The van der Waals surface area contributed by atoms with Crippen molar-refractivity contribution in [3.8, 4) is 17.2 Å². The van der Waals surface area contributed by atoms with Crippen LogP contribution in [0.25, 0.3) is 0 Å². The summed E-state index contributed by atoms with van der Waals surface area (Å²) >= 11 is 0. The minimum atomic E-state index is -4.83. The maximum atomic E-state index is 12.4. The number of carbonyl (C=O) groups excluding carboxylic acids is 1. The van der Waals surface area contributed by atoms with E-state index in [1.807, 2.05) is 0 Å². The number of nitrogens with one attached hydrogen (secondary N) is 2. The second-order valence-corrected chi connectivity index (χ2v) is 5.01. The van der Waals surface area contributed by atoms with E-state index in [0.29, 0.717) is 17.2 Å². The molecule has 2 aromatic carbocycles. The number of ether oxygens (including phenoxy) is 3. The summed E-state index contributed by atoms with van der Waals surface area (Å²) in [5, 5.41) is 5.22. The Kier molecular flexibility index (Phi) is 6.16. The van der Waals surface area contributed by atoms with Gasteiger partial charge in [-0.3, -0.25) is 4.79 Å². The molecule has 0 bridgehead atoms. The number of anilines is 2. The highest BCUT2D eigenvalue weighted by atomic mass is 19.4. The lowest BCUT2D eigenvalue weighted by molar-refractivity contribution is -0.274. The number of amides is 1. The Morgan fingerprint density at radius 1 is 1.00 bits per heavy atom. The maximum Gasteiger partial charge on any atom is 0.573 e. The number of benzene rings is 2. The maximum absolute atomic E-state index is 12.4. The molecule has 0 radical (unpaired) electrons. The third kappa shape index (κ3) is 5.47. The first-order chi connectivity index (χ1) is 12.3. The molecule has 2 aromatic rings. The number of alkyl halides is 3. The van der Waals surface area contributed by atoms with Crippen LogP contribution in [0.3, 0.4) is 0 Å². The van der Waals surface area contributed by atoms with Gasteiger partial charge >= 0.3 is 6.36 Å². The predicted molar refractivity (Wildman–Crippen MR) is 89.8 cm³/mol. The number of hydrogen-bond acceptors (Lipinski definition) is 5. The third-order valence-corrected chi connectivity index (χ3v) is 3.23. The molecular weight excluding hydrogens is 353 g/mol. The second-order valence-electron chi connectivity index (χ2n) is 5.01. The van der Waals surface area contributed by atoms with Crippen molar-refractivity contribution in [1.29, 1.82) is 0 Å². The van der Waals surface area contributed by atoms with Crippen LogP contribution in [0, 0.1) is 0 Å². The van der Waals surface area contributed by atoms with E-state index >= 15 is 0 Å². The smallest absolute Gasteiger partial charge is 0.497 e. The van der Waals surface area contributed by atoms with E-state index in [1.165, 1.54) is 32.4 Å². The summed E-state index contributed by atoms with van der Waals surface area (Å²) in [7, 11) is 2.92. The quantitative estimate of drug-likeness (QED) is 0.779. The number of carbonyl (C=O) groups is 1. The van der Waals surface area contributed by atoms with Crippen molar-refractivity contribution in [1.82, 2.24) is 0 Å². The Labute approximate surface area is 147 Å². The lowest BCUT2D eigenvalue weighted by Crippen LogP contribution is -2.23. The Morgan fingerprint density at radius 2 is 1.73 bits per heavy atom. The van der Waals surface area contributed by atoms with Crippen molar-refractivity contribution >= 4 is 17.3 Å². The third-order valence-electron chi connectivity index (χ3n) is 3.23. The van der Waals surface area contributed by atoms with Gasteiger partial charge in [-0.05, 0) is 24.3 Å². The highest BCUT2D eigenvalue weighted by Crippen LogP contribution is 2.30. The average Bonchev–Trinajstić information content (AvgIpc) is 2.59. The van der Waals surface area contributed by atoms with Gasteiger partial charge in [-0.25, -0.2) is 0 Å². The fraction of sp³-hybridized carbons (Fsp3) is 0.235. The van der Waals surface area contributed by atoms with Gasteiger partial charge in [-0.15, -0.1) is 13.2 Å². The molecule has 0 saturated carbocycles. The minimum absolute atomic E-state index is 0.0394. The Morgan fingerprint density at radius 3 is 2.38 bits per heavy atom. The largest absolute Gasteiger partial charge is 0.573 e. The van der Waals surface area contributed by atoms with E-state index in [-0.39, 0.29) is 12.2 Å². The van der Waals surface area contributed by atoms with Gasteiger partial charge in [0.2, 0.25) is 5.91 Å². The van der Waals surface area contributed by atoms with Gasteiger partial charge in [0.25, 0.3) is 0 Å². The van der Waals surface area contributed by atoms with Crippen LogP contribution in [0.2, 0.25) is 0 Å². The first-order valence-electron chi connectivity index (χ1n) is 7.43. The SMILES string of the molecule is COc1ccc(OC)c(NC(=O)CNc2ccccc2OC(F)(F)F)c1. The zero-order valence-electron chi connectivity index (χ0n) is 14.0. The molecule has 140 valence electrons. The minimum Gasteiger partial charge on any atom is -0.497 e. The van der Waals surface area contributed by atoms with Gasteiger partial charge in [0, 0.05) is 6.07 Å². The monoisotopic (exact) mass is 370 g/mol. The fourth-order valence-electron chi connectivity index (χ4n) is 2.11. The molecule has 1 amide bonds. The van der Waals surface area contributed by atoms with Gasteiger partial charge in [0.15, 0.2) is 5.75 Å². The highest BCUT2D eigenvalue weighted by molar-refractivity contribution is 5.95. The van der Waals surface area contributed by atoms with Crippen molar-refractivity contribution < 1.29 is 32.2 Å². The summed E-state index contributed by atoms with van der Waals surface area (Å²) in [6.45, 7) is -0.279. The summed E-state index contributed by atoms with van der Waals surface area (Å²) in [6, 6.07) is 10.3. The van der Waals surface area contributed by atoms with Crippen molar-refractivity contribution in [2.75, 3.05) is 31.4 Å². The summed E-state index contributed by atoms with van der Waals surface area (Å²) in [4.78, 5) is 12.1. The molecule has 0 unspecified atom stereocenters. The lowest BCUT2D eigenvalue weighted by Gasteiger charge is -2.15. The van der Waals surface area contributed by atoms with Crippen LogP contribution in [0.1, 0.15) is 0 Å². The van der Waals surface area contributed by atoms with Gasteiger partial charge in [-0.2, -0.15) is 0 Å². The van der Waals surface area contributed by atoms with Crippen LogP contribution in [-0.4, -0.2) is 33.0 Å². The van der Waals surface area contributed by atoms with E-state index in [2.05, 4.69) is 15.4 Å². The molecule has 0 spiro atoms. The molecule has 0 aromatic heterocycles. The van der Waals surface area contributed by atoms with Gasteiger partial charge in [-0.1, -0.05) is 12.1 Å². The first kappa shape index (κ1) is 19.2. The standard InChI is InChI=1S/C17H17F3N2O4/c1-24-11-7-8-14(25-2)13(9-11)22-16(23)10-21-12-5-3-4-6-15(12)26-17(18,19)20/h3-9,21H,10H2,1-2H3,(H,22,23). The molecule has 9 heteroatoms. The van der Waals surface area contributed by atoms with Crippen molar-refractivity contribution in [2.24, 2.45) is 0 Å². The molecular formula is C17H17F3N2O4. The zero-order valence-corrected chi connectivity index (χ0v) is 14.0. The van der Waals surface area contributed by atoms with Gasteiger partial charge < -0.3 is 24.8 Å². The normalized spacial score (nSPS) is 10.8. The topological polar surface area (TPSA) is 68.8 Å². The van der Waals surface area contributed by atoms with E-state index in [0.717, 1.165) is 6.07 Å². The van der Waals surface area contributed by atoms with Crippen LogP contribution in [-0.2, 0) is 4.79 Å².